The topological polar surface area (TPSA) is 380 Å². The largest absolute Gasteiger partial charge is 0.578 e. The quantitative estimate of drug-likeness (QED) is 0.0402. The fourth-order valence-electron chi connectivity index (χ4n) is 5.97. The molecule has 0 radical (unpaired) electrons. The van der Waals surface area contributed by atoms with Crippen molar-refractivity contribution in [1.82, 2.24) is 20.2 Å². The van der Waals surface area contributed by atoms with Crippen molar-refractivity contribution in [2.75, 3.05) is 64.0 Å². The van der Waals surface area contributed by atoms with Crippen LogP contribution in [0.3, 0.4) is 0 Å². The minimum absolute atomic E-state index is 0.0369. The third-order valence-electron chi connectivity index (χ3n) is 8.60. The molecule has 4 aliphatic heterocycles. The molecule has 56 heavy (non-hydrogen) atoms. The normalized spacial score (nSPS) is 32.4. The van der Waals surface area contributed by atoms with Crippen LogP contribution in [0.15, 0.2) is 26.3 Å². The number of nitrogens with one attached hydrogen (secondary N) is 2. The summed E-state index contributed by atoms with van der Waals surface area (Å²) in [6.07, 6.45) is -12.4. The molecule has 13 N–H and O–H groups in total. The summed E-state index contributed by atoms with van der Waals surface area (Å²) in [4.78, 5) is 72.9. The second kappa shape index (κ2) is 17.0. The van der Waals surface area contributed by atoms with Crippen LogP contribution < -0.4 is 32.1 Å². The van der Waals surface area contributed by atoms with Crippen LogP contribution in [0.25, 0.3) is 0 Å². The van der Waals surface area contributed by atoms with E-state index < -0.39 is 103 Å². The Balaban J connectivity index is 1.16. The van der Waals surface area contributed by atoms with E-state index in [9.17, 15) is 44.3 Å². The average Bonchev–Trinajstić information content (AvgIpc) is 3.69. The van der Waals surface area contributed by atoms with Crippen molar-refractivity contribution in [3.63, 3.8) is 0 Å². The number of ether oxygens (including phenoxy) is 4. The Labute approximate surface area is 323 Å². The summed E-state index contributed by atoms with van der Waals surface area (Å²) in [5.74, 6) is -0.0275. The maximum Gasteiger partial charge on any atom is 0.578 e. The number of likely N-dealkylation sites (N-methyl/N-ethyl adjacent to an activating group) is 2. The van der Waals surface area contributed by atoms with E-state index in [4.69, 9.17) is 39.5 Å². The lowest BCUT2D eigenvalue weighted by molar-refractivity contribution is -0.0779. The van der Waals surface area contributed by atoms with Gasteiger partial charge in [-0.1, -0.05) is 4.31 Å². The molecule has 0 amide bonds. The predicted octanol–water partition coefficient (Wildman–Crippen LogP) is -4.11. The number of fused-ring (bicyclic) bond motifs is 1. The maximum absolute atomic E-state index is 12.8. The number of phosphoric acid groups is 1. The van der Waals surface area contributed by atoms with Crippen LogP contribution in [0.1, 0.15) is 0 Å². The second-order valence-electron chi connectivity index (χ2n) is 12.7. The van der Waals surface area contributed by atoms with E-state index in [-0.39, 0.29) is 34.9 Å². The number of anilines is 3. The van der Waals surface area contributed by atoms with Gasteiger partial charge in [-0.3, -0.25) is 19.3 Å². The molecule has 4 aliphatic rings. The van der Waals surface area contributed by atoms with E-state index in [2.05, 4.69) is 52.4 Å². The third kappa shape index (κ3) is 9.83. The minimum Gasteiger partial charge on any atom is -0.387 e. The number of methoxy groups -OCH3 is 1. The molecule has 27 nitrogen and oxygen atoms in total. The van der Waals surface area contributed by atoms with E-state index in [0.29, 0.717) is 0 Å². The summed E-state index contributed by atoms with van der Waals surface area (Å²) < 4.78 is 54.1. The fourth-order valence-corrected chi connectivity index (χ4v) is 11.1. The van der Waals surface area contributed by atoms with Crippen molar-refractivity contribution >= 4 is 64.6 Å². The molecule has 3 saturated heterocycles. The number of H-pyrrole nitrogens is 1. The van der Waals surface area contributed by atoms with Crippen molar-refractivity contribution in [2.45, 2.75) is 61.4 Å². The zero-order chi connectivity index (χ0) is 41.7. The molecule has 0 saturated carbocycles. The first-order valence-electron chi connectivity index (χ1n) is 16.1. The summed E-state index contributed by atoms with van der Waals surface area (Å²) in [5, 5.41) is 35.1. The van der Waals surface area contributed by atoms with Crippen LogP contribution in [0, 0.1) is 0 Å². The van der Waals surface area contributed by atoms with E-state index >= 15 is 0 Å². The number of epoxide rings is 1. The van der Waals surface area contributed by atoms with E-state index in [1.807, 2.05) is 0 Å². The number of guanidine groups is 1. The number of nitrogen functional groups attached to an aromatic ring is 1. The standard InChI is InChI=1S/C25H43N10O17P3S/c1-28-11-16-21(50-16)32-25(27)29-18(11)34(4)22-15(38)13(36)9(48-22)7-46-53(40,41)51-55(44,56)52-54(42,43)47-8-10-14(37)17(45-6)23(49-10)35(5)19-12(33(2)3)20(39)31-24(26)30-19/h9-10,13-17,21-23,36-38,40-41H,1,7-8H2,2-6H3,(H7-,26,27,29,30,31,32,39,42,43,44,56)/p+1/t9-,10-,13?,14?,15?,16?,17?,21?,22-,23-,55?/m1/s1. The summed E-state index contributed by atoms with van der Waals surface area (Å²) in [5.41, 5.74) is 11.4. The lowest BCUT2D eigenvalue weighted by Crippen LogP contribution is -2.47. The Morgan fingerprint density at radius 2 is 1.66 bits per heavy atom. The molecule has 0 bridgehead atoms. The molecular weight excluding hydrogens is 837 g/mol. The van der Waals surface area contributed by atoms with E-state index in [0.717, 1.165) is 0 Å². The number of nitrogens with two attached hydrogens (primary N) is 2. The lowest BCUT2D eigenvalue weighted by Gasteiger charge is -2.31. The summed E-state index contributed by atoms with van der Waals surface area (Å²) >= 11 is 4.68. The third-order valence-corrected chi connectivity index (χ3v) is 14.1. The van der Waals surface area contributed by atoms with Crippen LogP contribution in [0.4, 0.5) is 17.5 Å². The number of nitrogens with zero attached hydrogens (tertiary/aromatic N) is 6. The van der Waals surface area contributed by atoms with Gasteiger partial charge in [0.15, 0.2) is 36.6 Å². The Hall–Kier alpha value is -2.53. The van der Waals surface area contributed by atoms with Gasteiger partial charge in [-0.2, -0.15) is 19.3 Å². The molecule has 12 atom stereocenters. The number of aliphatic hydroxyl groups excluding tert-OH is 3. The first kappa shape index (κ1) is 44.6. The molecule has 3 fully saturated rings. The SMILES string of the molecule is C=NC1=C(N(C)[C@@H]2O[C@H](CO[P+](O)(O)OP(O)(=S)OP(=O)(O)OC[C@H]3O[C@@H](N(C)c4nc(N)[nH]c(=O)c4N(C)C)C(OC)C3O)C(O)C2O)NC(N)=NC2OC12. The van der Waals surface area contributed by atoms with Gasteiger partial charge < -0.3 is 75.5 Å². The Kier molecular flexibility index (Phi) is 13.5. The Bertz CT molecular complexity index is 1860. The molecule has 1 aromatic heterocycles. The van der Waals surface area contributed by atoms with Crippen LogP contribution >= 0.6 is 22.7 Å². The van der Waals surface area contributed by atoms with Crippen molar-refractivity contribution < 1.29 is 76.1 Å². The van der Waals surface area contributed by atoms with Crippen LogP contribution in [-0.2, 0) is 53.0 Å². The average molecular weight is 882 g/mol. The molecule has 0 aromatic carbocycles. The molecule has 316 valence electrons. The highest BCUT2D eigenvalue weighted by Gasteiger charge is 2.54. The second-order valence-corrected chi connectivity index (χ2v) is 18.8. The number of phosphoric ester groups is 1. The fraction of sp³-hybridized carbons (Fsp3) is 0.680. The maximum atomic E-state index is 12.8. The van der Waals surface area contributed by atoms with Gasteiger partial charge in [-0.25, -0.2) is 13.9 Å². The highest BCUT2D eigenvalue weighted by Crippen LogP contribution is 2.71. The van der Waals surface area contributed by atoms with Crippen LogP contribution in [0.2, 0.25) is 0 Å². The minimum atomic E-state index is -5.42. The molecular formula is C25H44N10O17P3S+. The van der Waals surface area contributed by atoms with Crippen LogP contribution in [-0.4, -0.2) is 172 Å². The number of rotatable bonds is 17. The number of aliphatic hydroxyl groups is 3. The van der Waals surface area contributed by atoms with Gasteiger partial charge in [-0.05, 0) is 18.5 Å². The van der Waals surface area contributed by atoms with Crippen molar-refractivity contribution in [3.8, 4) is 0 Å². The predicted molar refractivity (Wildman–Crippen MR) is 198 cm³/mol. The molecule has 8 unspecified atom stereocenters. The Morgan fingerprint density at radius 1 is 1.02 bits per heavy atom. The summed E-state index contributed by atoms with van der Waals surface area (Å²) in [7, 11) is -3.29. The number of aromatic nitrogens is 2. The summed E-state index contributed by atoms with van der Waals surface area (Å²) in [6.45, 7) is -3.33. The van der Waals surface area contributed by atoms with E-state index in [1.165, 1.54) is 35.9 Å². The molecule has 0 aliphatic carbocycles. The molecule has 5 rings (SSSR count). The van der Waals surface area contributed by atoms with Crippen LogP contribution in [0.5, 0.6) is 0 Å². The zero-order valence-electron chi connectivity index (χ0n) is 30.2. The van der Waals surface area contributed by atoms with Gasteiger partial charge >= 0.3 is 22.7 Å². The van der Waals surface area contributed by atoms with Gasteiger partial charge in [-0.15, -0.1) is 0 Å². The van der Waals surface area contributed by atoms with Crippen molar-refractivity contribution in [1.29, 1.82) is 0 Å². The number of aliphatic imine (C=N–C) groups is 2. The molecule has 1 aromatic rings. The van der Waals surface area contributed by atoms with Gasteiger partial charge in [0.05, 0.1) is 6.61 Å². The first-order valence-corrected chi connectivity index (χ1v) is 21.7. The highest BCUT2D eigenvalue weighted by atomic mass is 32.5. The first-order chi connectivity index (χ1) is 26.0. The number of hydrogen-bond acceptors (Lipinski definition) is 25. The number of aromatic amines is 1. The molecule has 0 spiro atoms. The van der Waals surface area contributed by atoms with Crippen molar-refractivity contribution in [2.24, 2.45) is 15.7 Å². The van der Waals surface area contributed by atoms with Gasteiger partial charge in [0, 0.05) is 35.3 Å². The Morgan fingerprint density at radius 3 is 2.29 bits per heavy atom. The molecule has 31 heteroatoms. The lowest BCUT2D eigenvalue weighted by atomic mass is 10.1. The monoisotopic (exact) mass is 881 g/mol. The summed E-state index contributed by atoms with van der Waals surface area (Å²) in [6, 6.07) is 0. The molecule has 5 heterocycles. The van der Waals surface area contributed by atoms with Gasteiger partial charge in [0.25, 0.3) is 5.56 Å². The van der Waals surface area contributed by atoms with E-state index in [1.54, 1.807) is 14.1 Å². The highest BCUT2D eigenvalue weighted by molar-refractivity contribution is 8.10. The zero-order valence-corrected chi connectivity index (χ0v) is 33.7. The number of hydrogen-bond donors (Lipinski definition) is 11. The van der Waals surface area contributed by atoms with Gasteiger partial charge in [0.1, 0.15) is 60.4 Å². The van der Waals surface area contributed by atoms with Crippen molar-refractivity contribution in [3.05, 3.63) is 21.9 Å². The van der Waals surface area contributed by atoms with Gasteiger partial charge in [0.2, 0.25) is 5.95 Å². The smallest absolute Gasteiger partial charge is 0.387 e.